The van der Waals surface area contributed by atoms with Crippen molar-refractivity contribution in [1.29, 1.82) is 0 Å². The van der Waals surface area contributed by atoms with Gasteiger partial charge in [0.05, 0.1) is 6.61 Å². The van der Waals surface area contributed by atoms with Crippen molar-refractivity contribution in [2.45, 2.75) is 18.2 Å². The van der Waals surface area contributed by atoms with Crippen LogP contribution in [0.4, 0.5) is 13.2 Å². The van der Waals surface area contributed by atoms with E-state index < -0.39 is 26.1 Å². The van der Waals surface area contributed by atoms with Crippen LogP contribution in [0.5, 0.6) is 11.5 Å². The first-order valence-corrected chi connectivity index (χ1v) is 6.91. The van der Waals surface area contributed by atoms with Gasteiger partial charge < -0.3 is 9.47 Å². The molecule has 1 aromatic carbocycles. The van der Waals surface area contributed by atoms with E-state index in [1.165, 1.54) is 0 Å². The van der Waals surface area contributed by atoms with Crippen LogP contribution in [0.25, 0.3) is 0 Å². The summed E-state index contributed by atoms with van der Waals surface area (Å²) in [7, 11) is 1.01. The molecule has 0 saturated heterocycles. The van der Waals surface area contributed by atoms with E-state index in [1.54, 1.807) is 6.92 Å². The van der Waals surface area contributed by atoms with Gasteiger partial charge in [0.2, 0.25) is 0 Å². The molecule has 0 heterocycles. The van der Waals surface area contributed by atoms with Gasteiger partial charge in [0.25, 0.3) is 9.05 Å². The summed E-state index contributed by atoms with van der Waals surface area (Å²) >= 11 is 0. The highest BCUT2D eigenvalue weighted by Gasteiger charge is 2.31. The van der Waals surface area contributed by atoms with E-state index in [0.29, 0.717) is 0 Å². The fourth-order valence-electron chi connectivity index (χ4n) is 1.16. The SMILES string of the molecule is CCOc1cc(OC(F)(F)F)ccc1S(=O)(=O)Cl. The van der Waals surface area contributed by atoms with Gasteiger partial charge in [-0.05, 0) is 19.1 Å². The molecule has 0 bridgehead atoms. The van der Waals surface area contributed by atoms with E-state index in [9.17, 15) is 21.6 Å². The van der Waals surface area contributed by atoms with Crippen molar-refractivity contribution in [2.75, 3.05) is 6.61 Å². The van der Waals surface area contributed by atoms with Crippen LogP contribution >= 0.6 is 10.7 Å². The van der Waals surface area contributed by atoms with Crippen LogP contribution in [0.3, 0.4) is 0 Å². The van der Waals surface area contributed by atoms with E-state index in [4.69, 9.17) is 15.4 Å². The molecule has 0 spiro atoms. The molecule has 0 saturated carbocycles. The number of hydrogen-bond donors (Lipinski definition) is 0. The van der Waals surface area contributed by atoms with Gasteiger partial charge in [-0.25, -0.2) is 8.42 Å². The second kappa shape index (κ2) is 5.23. The minimum Gasteiger partial charge on any atom is -0.492 e. The summed E-state index contributed by atoms with van der Waals surface area (Å²) in [5, 5.41) is 0. The molecule has 9 heteroatoms. The molecule has 18 heavy (non-hydrogen) atoms. The molecule has 0 unspecified atom stereocenters. The zero-order valence-corrected chi connectivity index (χ0v) is 10.6. The van der Waals surface area contributed by atoms with E-state index in [0.717, 1.165) is 18.2 Å². The maximum Gasteiger partial charge on any atom is 0.573 e. The Labute approximate surface area is 106 Å². The van der Waals surface area contributed by atoms with Crippen LogP contribution in [0.1, 0.15) is 6.92 Å². The lowest BCUT2D eigenvalue weighted by atomic mass is 10.3. The monoisotopic (exact) mass is 304 g/mol. The first kappa shape index (κ1) is 14.9. The second-order valence-corrected chi connectivity index (χ2v) is 5.56. The Balaban J connectivity index is 3.19. The number of rotatable bonds is 4. The molecule has 0 aliphatic heterocycles. The third-order valence-electron chi connectivity index (χ3n) is 1.71. The van der Waals surface area contributed by atoms with Crippen molar-refractivity contribution in [3.05, 3.63) is 18.2 Å². The topological polar surface area (TPSA) is 52.6 Å². The lowest BCUT2D eigenvalue weighted by Gasteiger charge is -2.12. The number of benzene rings is 1. The first-order chi connectivity index (χ1) is 8.13. The summed E-state index contributed by atoms with van der Waals surface area (Å²) < 4.78 is 66.8. The first-order valence-electron chi connectivity index (χ1n) is 4.60. The third-order valence-corrected chi connectivity index (χ3v) is 3.07. The summed E-state index contributed by atoms with van der Waals surface area (Å²) in [6, 6.07) is 2.53. The summed E-state index contributed by atoms with van der Waals surface area (Å²) in [6.45, 7) is 1.61. The van der Waals surface area contributed by atoms with Crippen LogP contribution in [-0.4, -0.2) is 21.4 Å². The molecule has 1 rings (SSSR count). The third kappa shape index (κ3) is 4.26. The molecule has 1 aromatic rings. The number of hydrogen-bond acceptors (Lipinski definition) is 4. The molecule has 0 aromatic heterocycles. The quantitative estimate of drug-likeness (QED) is 0.803. The smallest absolute Gasteiger partial charge is 0.492 e. The van der Waals surface area contributed by atoms with Crippen LogP contribution < -0.4 is 9.47 Å². The zero-order valence-electron chi connectivity index (χ0n) is 8.99. The predicted molar refractivity (Wildman–Crippen MR) is 57.3 cm³/mol. The molecule has 102 valence electrons. The van der Waals surface area contributed by atoms with E-state index in [1.807, 2.05) is 0 Å². The number of alkyl halides is 3. The summed E-state index contributed by atoms with van der Waals surface area (Å²) in [6.07, 6.45) is -4.87. The Hall–Kier alpha value is -1.15. The van der Waals surface area contributed by atoms with Gasteiger partial charge >= 0.3 is 6.36 Å². The molecule has 0 fully saturated rings. The van der Waals surface area contributed by atoms with Crippen molar-refractivity contribution in [2.24, 2.45) is 0 Å². The van der Waals surface area contributed by atoms with E-state index in [2.05, 4.69) is 4.74 Å². The Kier molecular flexibility index (Phi) is 4.33. The fourth-order valence-corrected chi connectivity index (χ4v) is 2.13. The van der Waals surface area contributed by atoms with Crippen molar-refractivity contribution >= 4 is 19.7 Å². The fraction of sp³-hybridized carbons (Fsp3) is 0.333. The van der Waals surface area contributed by atoms with Crippen molar-refractivity contribution in [1.82, 2.24) is 0 Å². The van der Waals surface area contributed by atoms with Crippen LogP contribution in [0.2, 0.25) is 0 Å². The number of ether oxygens (including phenoxy) is 2. The van der Waals surface area contributed by atoms with E-state index in [-0.39, 0.29) is 12.4 Å². The molecule has 0 atom stereocenters. The average molecular weight is 305 g/mol. The molecule has 0 aliphatic carbocycles. The maximum atomic E-state index is 12.0. The molecule has 0 N–H and O–H groups in total. The molecular weight excluding hydrogens is 297 g/mol. The lowest BCUT2D eigenvalue weighted by Crippen LogP contribution is -2.17. The van der Waals surface area contributed by atoms with Gasteiger partial charge in [0.15, 0.2) is 0 Å². The largest absolute Gasteiger partial charge is 0.573 e. The minimum atomic E-state index is -4.87. The Morgan fingerprint density at radius 3 is 2.39 bits per heavy atom. The molecule has 0 amide bonds. The predicted octanol–water partition coefficient (Wildman–Crippen LogP) is 2.91. The second-order valence-electron chi connectivity index (χ2n) is 3.03. The molecular formula is C9H8ClF3O4S. The molecule has 0 radical (unpaired) electrons. The highest BCUT2D eigenvalue weighted by Crippen LogP contribution is 2.33. The Bertz CT molecular complexity index is 527. The van der Waals surface area contributed by atoms with Gasteiger partial charge in [0.1, 0.15) is 16.4 Å². The molecule has 0 aliphatic rings. The highest BCUT2D eigenvalue weighted by molar-refractivity contribution is 8.13. The Morgan fingerprint density at radius 2 is 1.94 bits per heavy atom. The van der Waals surface area contributed by atoms with Crippen LogP contribution in [-0.2, 0) is 9.05 Å². The summed E-state index contributed by atoms with van der Waals surface area (Å²) in [4.78, 5) is -0.416. The van der Waals surface area contributed by atoms with Crippen LogP contribution in [0.15, 0.2) is 23.1 Å². The maximum absolute atomic E-state index is 12.0. The highest BCUT2D eigenvalue weighted by atomic mass is 35.7. The standard InChI is InChI=1S/C9H8ClF3O4S/c1-2-16-7-5-6(17-9(11,12)13)3-4-8(7)18(10,14)15/h3-5H,2H2,1H3. The van der Waals surface area contributed by atoms with Crippen LogP contribution in [0, 0.1) is 0 Å². The summed E-state index contributed by atoms with van der Waals surface area (Å²) in [5.41, 5.74) is 0. The van der Waals surface area contributed by atoms with Gasteiger partial charge in [-0.15, -0.1) is 13.2 Å². The zero-order chi connectivity index (χ0) is 14.0. The van der Waals surface area contributed by atoms with Gasteiger partial charge in [-0.1, -0.05) is 0 Å². The van der Waals surface area contributed by atoms with Crippen molar-refractivity contribution < 1.29 is 31.1 Å². The van der Waals surface area contributed by atoms with Gasteiger partial charge in [-0.2, -0.15) is 0 Å². The summed E-state index contributed by atoms with van der Waals surface area (Å²) in [5.74, 6) is -0.885. The minimum absolute atomic E-state index is 0.0644. The lowest BCUT2D eigenvalue weighted by molar-refractivity contribution is -0.274. The van der Waals surface area contributed by atoms with E-state index >= 15 is 0 Å². The van der Waals surface area contributed by atoms with Gasteiger partial charge in [0, 0.05) is 16.7 Å². The normalized spacial score (nSPS) is 12.3. The van der Waals surface area contributed by atoms with Gasteiger partial charge in [-0.3, -0.25) is 0 Å². The van der Waals surface area contributed by atoms with Crippen molar-refractivity contribution in [3.8, 4) is 11.5 Å². The Morgan fingerprint density at radius 1 is 1.33 bits per heavy atom. The van der Waals surface area contributed by atoms with Crippen molar-refractivity contribution in [3.63, 3.8) is 0 Å². The molecule has 4 nitrogen and oxygen atoms in total. The average Bonchev–Trinajstić information content (AvgIpc) is 2.13. The number of halogens is 4.